The minimum Gasteiger partial charge on any atom is -0.361 e. The van der Waals surface area contributed by atoms with Crippen molar-refractivity contribution in [2.45, 2.75) is 10.9 Å². The number of aromatic nitrogens is 1. The monoisotopic (exact) mass is 440 g/mol. The highest BCUT2D eigenvalue weighted by Gasteiger charge is 2.25. The molecule has 0 bridgehead atoms. The van der Waals surface area contributed by atoms with Crippen LogP contribution >= 0.6 is 15.9 Å². The number of hydrogen-bond donors (Lipinski definition) is 2. The maximum absolute atomic E-state index is 13.0. The maximum atomic E-state index is 13.0. The molecule has 4 aromatic rings. The molecule has 0 radical (unpaired) electrons. The Kier molecular flexibility index (Phi) is 4.86. The molecule has 3 aromatic carbocycles. The average molecular weight is 441 g/mol. The van der Waals surface area contributed by atoms with Crippen molar-refractivity contribution in [1.29, 1.82) is 0 Å². The molecular weight excluding hydrogens is 424 g/mol. The normalized spacial score (nSPS) is 12.9. The van der Waals surface area contributed by atoms with Gasteiger partial charge in [0, 0.05) is 21.6 Å². The van der Waals surface area contributed by atoms with Gasteiger partial charge in [-0.3, -0.25) is 0 Å². The first-order valence-electron chi connectivity index (χ1n) is 8.43. The van der Waals surface area contributed by atoms with E-state index in [1.807, 2.05) is 54.7 Å². The molecule has 1 heterocycles. The van der Waals surface area contributed by atoms with E-state index < -0.39 is 16.1 Å². The zero-order chi connectivity index (χ0) is 18.9. The highest BCUT2D eigenvalue weighted by Crippen LogP contribution is 2.32. The Bertz CT molecular complexity index is 1170. The molecule has 0 spiro atoms. The molecule has 4 rings (SSSR count). The minimum atomic E-state index is -3.69. The van der Waals surface area contributed by atoms with Gasteiger partial charge in [-0.2, -0.15) is 4.72 Å². The van der Waals surface area contributed by atoms with Crippen molar-refractivity contribution in [2.75, 3.05) is 0 Å². The van der Waals surface area contributed by atoms with E-state index in [-0.39, 0.29) is 4.90 Å². The van der Waals surface area contributed by atoms with Crippen LogP contribution in [0.1, 0.15) is 17.2 Å². The second-order valence-corrected chi connectivity index (χ2v) is 8.84. The van der Waals surface area contributed by atoms with Gasteiger partial charge in [-0.15, -0.1) is 0 Å². The van der Waals surface area contributed by atoms with Crippen LogP contribution in [0.4, 0.5) is 0 Å². The lowest BCUT2D eigenvalue weighted by atomic mass is 9.99. The maximum Gasteiger partial charge on any atom is 0.241 e. The Morgan fingerprint density at radius 2 is 1.56 bits per heavy atom. The molecule has 0 saturated carbocycles. The molecule has 0 aliphatic heterocycles. The fourth-order valence-corrected chi connectivity index (χ4v) is 4.72. The van der Waals surface area contributed by atoms with E-state index in [0.29, 0.717) is 0 Å². The fraction of sp³-hybridized carbons (Fsp3) is 0.0476. The van der Waals surface area contributed by atoms with Gasteiger partial charge in [0.2, 0.25) is 10.0 Å². The molecule has 136 valence electrons. The van der Waals surface area contributed by atoms with Gasteiger partial charge in [0.25, 0.3) is 0 Å². The largest absolute Gasteiger partial charge is 0.361 e. The number of rotatable bonds is 5. The average Bonchev–Trinajstić information content (AvgIpc) is 3.10. The number of hydrogen-bond acceptors (Lipinski definition) is 2. The first-order chi connectivity index (χ1) is 13.0. The molecule has 0 fully saturated rings. The Labute approximate surface area is 166 Å². The number of nitrogens with one attached hydrogen (secondary N) is 2. The van der Waals surface area contributed by atoms with Gasteiger partial charge in [-0.05, 0) is 41.5 Å². The number of H-pyrrole nitrogens is 1. The lowest BCUT2D eigenvalue weighted by Gasteiger charge is -2.19. The Balaban J connectivity index is 1.84. The Morgan fingerprint density at radius 3 is 2.26 bits per heavy atom. The molecule has 0 saturated heterocycles. The SMILES string of the molecule is O=S(=O)(N[C@H](c1ccccc1)c1c[nH]c2ccc(Br)cc12)c1ccccc1. The van der Waals surface area contributed by atoms with Crippen LogP contribution in [0.3, 0.4) is 0 Å². The molecular formula is C21H17BrN2O2S. The lowest BCUT2D eigenvalue weighted by Crippen LogP contribution is -2.29. The second-order valence-electron chi connectivity index (χ2n) is 6.21. The van der Waals surface area contributed by atoms with Crippen molar-refractivity contribution in [1.82, 2.24) is 9.71 Å². The molecule has 27 heavy (non-hydrogen) atoms. The summed E-state index contributed by atoms with van der Waals surface area (Å²) in [5, 5.41) is 0.967. The van der Waals surface area contributed by atoms with E-state index in [1.54, 1.807) is 30.3 Å². The number of aromatic amines is 1. The summed E-state index contributed by atoms with van der Waals surface area (Å²) in [4.78, 5) is 3.48. The third kappa shape index (κ3) is 3.69. The van der Waals surface area contributed by atoms with Gasteiger partial charge in [0.1, 0.15) is 0 Å². The summed E-state index contributed by atoms with van der Waals surface area (Å²) in [6.07, 6.45) is 1.86. The first kappa shape index (κ1) is 18.0. The highest BCUT2D eigenvalue weighted by molar-refractivity contribution is 9.10. The van der Waals surface area contributed by atoms with E-state index in [2.05, 4.69) is 25.6 Å². The van der Waals surface area contributed by atoms with Crippen molar-refractivity contribution in [3.63, 3.8) is 0 Å². The molecule has 1 aromatic heterocycles. The molecule has 0 unspecified atom stereocenters. The van der Waals surface area contributed by atoms with Gasteiger partial charge in [-0.1, -0.05) is 64.5 Å². The Hall–Kier alpha value is -2.41. The third-order valence-electron chi connectivity index (χ3n) is 4.45. The zero-order valence-corrected chi connectivity index (χ0v) is 16.7. The van der Waals surface area contributed by atoms with E-state index in [1.165, 1.54) is 0 Å². The van der Waals surface area contributed by atoms with Gasteiger partial charge in [0.15, 0.2) is 0 Å². The van der Waals surface area contributed by atoms with Crippen molar-refractivity contribution >= 4 is 36.9 Å². The smallest absolute Gasteiger partial charge is 0.241 e. The number of benzene rings is 3. The van der Waals surface area contributed by atoms with Crippen LogP contribution in [0.5, 0.6) is 0 Å². The predicted molar refractivity (Wildman–Crippen MR) is 111 cm³/mol. The fourth-order valence-electron chi connectivity index (χ4n) is 3.13. The topological polar surface area (TPSA) is 62.0 Å². The summed E-state index contributed by atoms with van der Waals surface area (Å²) >= 11 is 3.50. The molecule has 0 aliphatic carbocycles. The van der Waals surface area contributed by atoms with Gasteiger partial charge < -0.3 is 4.98 Å². The van der Waals surface area contributed by atoms with Crippen molar-refractivity contribution in [2.24, 2.45) is 0 Å². The van der Waals surface area contributed by atoms with Crippen LogP contribution in [-0.2, 0) is 10.0 Å². The van der Waals surface area contributed by atoms with Gasteiger partial charge in [0.05, 0.1) is 10.9 Å². The van der Waals surface area contributed by atoms with Crippen LogP contribution in [0, 0.1) is 0 Å². The molecule has 1 atom stereocenters. The standard InChI is InChI=1S/C21H17BrN2O2S/c22-16-11-12-20-18(13-16)19(14-23-20)21(15-7-3-1-4-8-15)24-27(25,26)17-9-5-2-6-10-17/h1-14,21,23-24H/t21-/m1/s1. The molecule has 4 nitrogen and oxygen atoms in total. The molecule has 2 N–H and O–H groups in total. The van der Waals surface area contributed by atoms with Crippen LogP contribution in [0.2, 0.25) is 0 Å². The lowest BCUT2D eigenvalue weighted by molar-refractivity contribution is 0.572. The van der Waals surface area contributed by atoms with E-state index in [9.17, 15) is 8.42 Å². The number of halogens is 1. The predicted octanol–water partition coefficient (Wildman–Crippen LogP) is 5.00. The van der Waals surface area contributed by atoms with Crippen molar-refractivity contribution < 1.29 is 8.42 Å². The van der Waals surface area contributed by atoms with E-state index in [4.69, 9.17) is 0 Å². The quantitative estimate of drug-likeness (QED) is 0.458. The minimum absolute atomic E-state index is 0.243. The molecule has 6 heteroatoms. The third-order valence-corrected chi connectivity index (χ3v) is 6.38. The van der Waals surface area contributed by atoms with Crippen LogP contribution in [0.25, 0.3) is 10.9 Å². The highest BCUT2D eigenvalue weighted by atomic mass is 79.9. The van der Waals surface area contributed by atoms with E-state index >= 15 is 0 Å². The second kappa shape index (κ2) is 7.31. The summed E-state index contributed by atoms with van der Waals surface area (Å²) in [7, 11) is -3.69. The summed E-state index contributed by atoms with van der Waals surface area (Å²) in [5.41, 5.74) is 2.70. The first-order valence-corrected chi connectivity index (χ1v) is 10.7. The van der Waals surface area contributed by atoms with Gasteiger partial charge >= 0.3 is 0 Å². The van der Waals surface area contributed by atoms with Crippen LogP contribution in [0.15, 0.2) is 94.4 Å². The van der Waals surface area contributed by atoms with Crippen LogP contribution in [-0.4, -0.2) is 13.4 Å². The summed E-state index contributed by atoms with van der Waals surface area (Å²) in [6, 6.07) is 23.4. The Morgan fingerprint density at radius 1 is 0.889 bits per heavy atom. The molecule has 0 aliphatic rings. The van der Waals surface area contributed by atoms with Crippen molar-refractivity contribution in [3.8, 4) is 0 Å². The van der Waals surface area contributed by atoms with Crippen molar-refractivity contribution in [3.05, 3.63) is 101 Å². The number of fused-ring (bicyclic) bond motifs is 1. The number of sulfonamides is 1. The van der Waals surface area contributed by atoms with Gasteiger partial charge in [-0.25, -0.2) is 8.42 Å². The van der Waals surface area contributed by atoms with Crippen LogP contribution < -0.4 is 4.72 Å². The van der Waals surface area contributed by atoms with E-state index in [0.717, 1.165) is 26.5 Å². The molecule has 0 amide bonds. The summed E-state index contributed by atoms with van der Waals surface area (Å²) < 4.78 is 29.8. The summed E-state index contributed by atoms with van der Waals surface area (Å²) in [5.74, 6) is 0. The zero-order valence-electron chi connectivity index (χ0n) is 14.3. The summed E-state index contributed by atoms with van der Waals surface area (Å²) in [6.45, 7) is 0.